The molecule has 0 radical (unpaired) electrons. The number of rotatable bonds is 4. The molecule has 3 rings (SSSR count). The second kappa shape index (κ2) is 6.69. The maximum absolute atomic E-state index is 13.1. The summed E-state index contributed by atoms with van der Waals surface area (Å²) in [5.41, 5.74) is 0.733. The Balaban J connectivity index is 1.82. The van der Waals surface area contributed by atoms with Crippen molar-refractivity contribution in [2.24, 2.45) is 0 Å². The highest BCUT2D eigenvalue weighted by molar-refractivity contribution is 5.89. The normalized spacial score (nSPS) is 24.0. The van der Waals surface area contributed by atoms with Gasteiger partial charge < -0.3 is 15.4 Å². The first-order valence-electron chi connectivity index (χ1n) is 8.41. The second-order valence-corrected chi connectivity index (χ2v) is 6.54. The fraction of sp³-hybridized carbons (Fsp3) is 0.611. The first-order valence-corrected chi connectivity index (χ1v) is 8.41. The van der Waals surface area contributed by atoms with Gasteiger partial charge in [0.2, 0.25) is 5.91 Å². The van der Waals surface area contributed by atoms with E-state index in [9.17, 15) is 4.79 Å². The quantitative estimate of drug-likeness (QED) is 0.898. The van der Waals surface area contributed by atoms with Crippen molar-refractivity contribution >= 4 is 5.91 Å². The lowest BCUT2D eigenvalue weighted by molar-refractivity contribution is -0.127. The molecule has 4 heteroatoms. The standard InChI is InChI=1S/C18H26N2O2/c1-22-16-8-4-6-14(12-16)18(9-2-3-10-18)17(21)20-15-7-5-11-19-13-15/h4,6,8,12,15,19H,2-3,5,7,9-11,13H2,1H3,(H,20,21)/t15-/m0/s1. The smallest absolute Gasteiger partial charge is 0.230 e. The van der Waals surface area contributed by atoms with E-state index < -0.39 is 0 Å². The molecule has 0 unspecified atom stereocenters. The van der Waals surface area contributed by atoms with Crippen molar-refractivity contribution in [3.05, 3.63) is 29.8 Å². The van der Waals surface area contributed by atoms with Crippen LogP contribution in [0.4, 0.5) is 0 Å². The minimum atomic E-state index is -0.369. The van der Waals surface area contributed by atoms with Crippen molar-refractivity contribution in [3.8, 4) is 5.75 Å². The summed E-state index contributed by atoms with van der Waals surface area (Å²) in [7, 11) is 1.67. The van der Waals surface area contributed by atoms with E-state index in [0.29, 0.717) is 0 Å². The Morgan fingerprint density at radius 3 is 2.82 bits per heavy atom. The van der Waals surface area contributed by atoms with Crippen molar-refractivity contribution in [2.75, 3.05) is 20.2 Å². The minimum absolute atomic E-state index is 0.201. The highest BCUT2D eigenvalue weighted by atomic mass is 16.5. The third-order valence-corrected chi connectivity index (χ3v) is 5.15. The largest absolute Gasteiger partial charge is 0.497 e. The molecule has 1 aromatic rings. The van der Waals surface area contributed by atoms with Gasteiger partial charge in [-0.05, 0) is 49.9 Å². The van der Waals surface area contributed by atoms with E-state index in [1.807, 2.05) is 18.2 Å². The van der Waals surface area contributed by atoms with Crippen LogP contribution >= 0.6 is 0 Å². The topological polar surface area (TPSA) is 50.4 Å². The number of benzene rings is 1. The first kappa shape index (κ1) is 15.3. The first-order chi connectivity index (χ1) is 10.7. The zero-order valence-electron chi connectivity index (χ0n) is 13.4. The number of hydrogen-bond donors (Lipinski definition) is 2. The number of methoxy groups -OCH3 is 1. The van der Waals surface area contributed by atoms with Gasteiger partial charge >= 0.3 is 0 Å². The lowest BCUT2D eigenvalue weighted by atomic mass is 9.77. The number of piperidine rings is 1. The molecule has 1 atom stereocenters. The molecule has 120 valence electrons. The maximum Gasteiger partial charge on any atom is 0.230 e. The van der Waals surface area contributed by atoms with Crippen LogP contribution in [0, 0.1) is 0 Å². The molecule has 1 saturated heterocycles. The monoisotopic (exact) mass is 302 g/mol. The number of amides is 1. The third kappa shape index (κ3) is 2.98. The Bertz CT molecular complexity index is 518. The summed E-state index contributed by atoms with van der Waals surface area (Å²) in [6.45, 7) is 1.95. The van der Waals surface area contributed by atoms with Crippen LogP contribution in [0.3, 0.4) is 0 Å². The molecule has 22 heavy (non-hydrogen) atoms. The van der Waals surface area contributed by atoms with E-state index in [0.717, 1.165) is 62.9 Å². The average molecular weight is 302 g/mol. The van der Waals surface area contributed by atoms with Gasteiger partial charge in [-0.15, -0.1) is 0 Å². The molecule has 1 heterocycles. The molecule has 2 fully saturated rings. The van der Waals surface area contributed by atoms with E-state index in [2.05, 4.69) is 16.7 Å². The van der Waals surface area contributed by atoms with Gasteiger partial charge in [-0.25, -0.2) is 0 Å². The number of carbonyl (C=O) groups is 1. The van der Waals surface area contributed by atoms with Crippen molar-refractivity contribution in [3.63, 3.8) is 0 Å². The van der Waals surface area contributed by atoms with Crippen LogP contribution in [0.25, 0.3) is 0 Å². The Morgan fingerprint density at radius 1 is 1.32 bits per heavy atom. The zero-order chi connectivity index (χ0) is 15.4. The molecule has 0 bridgehead atoms. The molecule has 1 aromatic carbocycles. The summed E-state index contributed by atoms with van der Waals surface area (Å²) in [6, 6.07) is 8.30. The van der Waals surface area contributed by atoms with Crippen molar-refractivity contribution in [1.82, 2.24) is 10.6 Å². The lowest BCUT2D eigenvalue weighted by Crippen LogP contribution is -2.51. The number of ether oxygens (including phenoxy) is 1. The summed E-state index contributed by atoms with van der Waals surface area (Å²) in [6.07, 6.45) is 6.32. The molecular formula is C18H26N2O2. The number of hydrogen-bond acceptors (Lipinski definition) is 3. The van der Waals surface area contributed by atoms with Crippen molar-refractivity contribution in [2.45, 2.75) is 50.0 Å². The highest BCUT2D eigenvalue weighted by Gasteiger charge is 2.43. The number of carbonyl (C=O) groups excluding carboxylic acids is 1. The van der Waals surface area contributed by atoms with Gasteiger partial charge in [0.25, 0.3) is 0 Å². The SMILES string of the molecule is COc1cccc(C2(C(=O)N[C@H]3CCCNC3)CCCC2)c1. The fourth-order valence-electron chi connectivity index (χ4n) is 3.84. The van der Waals surface area contributed by atoms with Crippen LogP contribution in [0.2, 0.25) is 0 Å². The van der Waals surface area contributed by atoms with Gasteiger partial charge in [-0.2, -0.15) is 0 Å². The van der Waals surface area contributed by atoms with Crippen LogP contribution in [0.15, 0.2) is 24.3 Å². The Morgan fingerprint density at radius 2 is 2.14 bits per heavy atom. The van der Waals surface area contributed by atoms with Gasteiger partial charge in [-0.3, -0.25) is 4.79 Å². The summed E-state index contributed by atoms with van der Waals surface area (Å²) >= 11 is 0. The van der Waals surface area contributed by atoms with Gasteiger partial charge in [-0.1, -0.05) is 25.0 Å². The molecular weight excluding hydrogens is 276 g/mol. The second-order valence-electron chi connectivity index (χ2n) is 6.54. The Labute approximate surface area is 132 Å². The summed E-state index contributed by atoms with van der Waals surface area (Å²) in [5, 5.41) is 6.66. The molecule has 0 spiro atoms. The average Bonchev–Trinajstić information content (AvgIpc) is 3.07. The van der Waals surface area contributed by atoms with Crippen LogP contribution < -0.4 is 15.4 Å². The Kier molecular flexibility index (Phi) is 4.67. The maximum atomic E-state index is 13.1. The predicted octanol–water partition coefficient (Wildman–Crippen LogP) is 2.38. The Hall–Kier alpha value is -1.55. The van der Waals surface area contributed by atoms with Crippen molar-refractivity contribution < 1.29 is 9.53 Å². The molecule has 2 N–H and O–H groups in total. The van der Waals surface area contributed by atoms with Crippen molar-refractivity contribution in [1.29, 1.82) is 0 Å². The van der Waals surface area contributed by atoms with Crippen LogP contribution in [-0.4, -0.2) is 32.1 Å². The van der Waals surface area contributed by atoms with E-state index in [1.165, 1.54) is 0 Å². The summed E-state index contributed by atoms with van der Waals surface area (Å²) in [5.74, 6) is 1.03. The van der Waals surface area contributed by atoms with Gasteiger partial charge in [0.15, 0.2) is 0 Å². The summed E-state index contributed by atoms with van der Waals surface area (Å²) < 4.78 is 5.35. The summed E-state index contributed by atoms with van der Waals surface area (Å²) in [4.78, 5) is 13.1. The van der Waals surface area contributed by atoms with Gasteiger partial charge in [0.1, 0.15) is 5.75 Å². The van der Waals surface area contributed by atoms with Crippen LogP contribution in [-0.2, 0) is 10.2 Å². The predicted molar refractivity (Wildman–Crippen MR) is 87.2 cm³/mol. The van der Waals surface area contributed by atoms with Gasteiger partial charge in [0, 0.05) is 12.6 Å². The van der Waals surface area contributed by atoms with E-state index in [1.54, 1.807) is 7.11 Å². The minimum Gasteiger partial charge on any atom is -0.497 e. The fourth-order valence-corrected chi connectivity index (χ4v) is 3.84. The van der Waals surface area contributed by atoms with E-state index in [-0.39, 0.29) is 17.4 Å². The third-order valence-electron chi connectivity index (χ3n) is 5.15. The molecule has 1 amide bonds. The molecule has 1 aliphatic heterocycles. The molecule has 1 aliphatic carbocycles. The van der Waals surface area contributed by atoms with E-state index in [4.69, 9.17) is 4.74 Å². The van der Waals surface area contributed by atoms with Gasteiger partial charge in [0.05, 0.1) is 12.5 Å². The van der Waals surface area contributed by atoms with Crippen LogP contribution in [0.1, 0.15) is 44.1 Å². The lowest BCUT2D eigenvalue weighted by Gasteiger charge is -2.32. The van der Waals surface area contributed by atoms with Crippen LogP contribution in [0.5, 0.6) is 5.75 Å². The zero-order valence-corrected chi connectivity index (χ0v) is 13.4. The molecule has 2 aliphatic rings. The van der Waals surface area contributed by atoms with E-state index >= 15 is 0 Å². The molecule has 0 aromatic heterocycles. The number of nitrogens with one attached hydrogen (secondary N) is 2. The molecule has 4 nitrogen and oxygen atoms in total. The molecule has 1 saturated carbocycles. The highest BCUT2D eigenvalue weighted by Crippen LogP contribution is 2.42.